The monoisotopic (exact) mass is 478 g/mol. The van der Waals surface area contributed by atoms with Crippen LogP contribution in [0.2, 0.25) is 10.0 Å². The molecule has 2 rings (SSSR count). The average Bonchev–Trinajstić information content (AvgIpc) is 2.74. The van der Waals surface area contributed by atoms with Crippen LogP contribution in [0.1, 0.15) is 58.1 Å². The summed E-state index contributed by atoms with van der Waals surface area (Å²) in [5, 5.41) is 3.75. The number of carbonyl (C=O) groups excluding carboxylic acids is 2. The number of hydrogen-bond donors (Lipinski definition) is 1. The molecule has 0 aliphatic heterocycles. The normalized spacial score (nSPS) is 12.0. The summed E-state index contributed by atoms with van der Waals surface area (Å²) in [6.07, 6.45) is 0.466. The number of hydrogen-bond acceptors (Lipinski definition) is 3. The zero-order valence-corrected chi connectivity index (χ0v) is 20.8. The molecule has 0 aliphatic carbocycles. The first-order valence-corrected chi connectivity index (χ1v) is 11.6. The molecule has 5 nitrogen and oxygen atoms in total. The van der Waals surface area contributed by atoms with Crippen LogP contribution in [0.25, 0.3) is 0 Å². The summed E-state index contributed by atoms with van der Waals surface area (Å²) in [4.78, 5) is 27.7. The Hall–Kier alpha value is -2.24. The van der Waals surface area contributed by atoms with E-state index in [1.807, 2.05) is 45.0 Å². The number of nitrogens with one attached hydrogen (secondary N) is 1. The van der Waals surface area contributed by atoms with Crippen molar-refractivity contribution in [2.24, 2.45) is 0 Å². The average molecular weight is 479 g/mol. The maximum atomic E-state index is 13.3. The third-order valence-electron chi connectivity index (χ3n) is 5.05. The number of rotatable bonds is 10. The van der Waals surface area contributed by atoms with Gasteiger partial charge < -0.3 is 15.0 Å². The van der Waals surface area contributed by atoms with Crippen LogP contribution in [0, 0.1) is 0 Å². The van der Waals surface area contributed by atoms with Gasteiger partial charge in [0.15, 0.2) is 6.61 Å². The van der Waals surface area contributed by atoms with Gasteiger partial charge in [0.05, 0.1) is 10.0 Å². The van der Waals surface area contributed by atoms with Crippen molar-refractivity contribution in [2.45, 2.75) is 65.6 Å². The molecule has 32 heavy (non-hydrogen) atoms. The molecule has 0 bridgehead atoms. The number of nitrogens with zero attached hydrogens (tertiary/aromatic N) is 1. The Kier molecular flexibility index (Phi) is 9.85. The Morgan fingerprint density at radius 2 is 1.72 bits per heavy atom. The summed E-state index contributed by atoms with van der Waals surface area (Å²) in [5.74, 6) is 0.456. The van der Waals surface area contributed by atoms with E-state index < -0.39 is 6.04 Å². The Labute approximate surface area is 201 Å². The third kappa shape index (κ3) is 7.14. The van der Waals surface area contributed by atoms with Crippen molar-refractivity contribution in [1.82, 2.24) is 10.2 Å². The van der Waals surface area contributed by atoms with Gasteiger partial charge in [0.1, 0.15) is 11.8 Å². The summed E-state index contributed by atoms with van der Waals surface area (Å²) < 4.78 is 5.91. The van der Waals surface area contributed by atoms with E-state index >= 15 is 0 Å². The van der Waals surface area contributed by atoms with Gasteiger partial charge in [-0.25, -0.2) is 0 Å². The molecular formula is C25H32Cl2N2O3. The molecule has 1 atom stereocenters. The van der Waals surface area contributed by atoms with Crippen molar-refractivity contribution in [1.29, 1.82) is 0 Å². The first-order chi connectivity index (χ1) is 15.1. The van der Waals surface area contributed by atoms with E-state index in [1.165, 1.54) is 0 Å². The van der Waals surface area contributed by atoms with Gasteiger partial charge in [-0.15, -0.1) is 0 Å². The molecule has 174 valence electrons. The van der Waals surface area contributed by atoms with Gasteiger partial charge in [-0.2, -0.15) is 0 Å². The lowest BCUT2D eigenvalue weighted by atomic mass is 10.0. The van der Waals surface area contributed by atoms with E-state index in [4.69, 9.17) is 27.9 Å². The molecule has 2 aromatic rings. The summed E-state index contributed by atoms with van der Waals surface area (Å²) in [6, 6.07) is 12.2. The van der Waals surface area contributed by atoms with E-state index in [9.17, 15) is 9.59 Å². The smallest absolute Gasteiger partial charge is 0.261 e. The summed E-state index contributed by atoms with van der Waals surface area (Å²) in [5.41, 5.74) is 1.81. The van der Waals surface area contributed by atoms with Crippen molar-refractivity contribution < 1.29 is 14.3 Å². The molecule has 0 aromatic heterocycles. The number of carbonyl (C=O) groups is 2. The SMILES string of the molecule is CCC(C(=O)NC(C)C)N(Cc1ccc(Cl)c(Cl)c1)C(=O)COc1ccccc1C(C)C. The van der Waals surface area contributed by atoms with Gasteiger partial charge >= 0.3 is 0 Å². The summed E-state index contributed by atoms with van der Waals surface area (Å²) in [7, 11) is 0. The quantitative estimate of drug-likeness (QED) is 0.467. The highest BCUT2D eigenvalue weighted by atomic mass is 35.5. The van der Waals surface area contributed by atoms with E-state index in [2.05, 4.69) is 19.2 Å². The van der Waals surface area contributed by atoms with Crippen LogP contribution < -0.4 is 10.1 Å². The third-order valence-corrected chi connectivity index (χ3v) is 5.78. The number of ether oxygens (including phenoxy) is 1. The van der Waals surface area contributed by atoms with Crippen molar-refractivity contribution in [3.8, 4) is 5.75 Å². The van der Waals surface area contributed by atoms with Crippen LogP contribution in [-0.2, 0) is 16.1 Å². The van der Waals surface area contributed by atoms with Crippen LogP contribution in [0.3, 0.4) is 0 Å². The van der Waals surface area contributed by atoms with Crippen molar-refractivity contribution in [3.63, 3.8) is 0 Å². The summed E-state index contributed by atoms with van der Waals surface area (Å²) >= 11 is 12.2. The van der Waals surface area contributed by atoms with E-state index in [0.717, 1.165) is 11.1 Å². The fourth-order valence-electron chi connectivity index (χ4n) is 3.45. The zero-order chi connectivity index (χ0) is 23.8. The lowest BCUT2D eigenvalue weighted by Gasteiger charge is -2.31. The topological polar surface area (TPSA) is 58.6 Å². The predicted molar refractivity (Wildman–Crippen MR) is 130 cm³/mol. The standard InChI is InChI=1S/C25H32Cl2N2O3/c1-6-22(25(31)28-17(4)5)29(14-18-11-12-20(26)21(27)13-18)24(30)15-32-23-10-8-7-9-19(23)16(2)3/h7-13,16-17,22H,6,14-15H2,1-5H3,(H,28,31). The number of halogens is 2. The van der Waals surface area contributed by atoms with Gasteiger partial charge in [-0.1, -0.05) is 68.2 Å². The lowest BCUT2D eigenvalue weighted by Crippen LogP contribution is -2.51. The Morgan fingerprint density at radius 1 is 1.03 bits per heavy atom. The molecular weight excluding hydrogens is 447 g/mol. The molecule has 0 saturated heterocycles. The van der Waals surface area contributed by atoms with E-state index in [-0.39, 0.29) is 36.9 Å². The fraction of sp³-hybridized carbons (Fsp3) is 0.440. The van der Waals surface area contributed by atoms with Gasteiger partial charge in [0.25, 0.3) is 5.91 Å². The van der Waals surface area contributed by atoms with Gasteiger partial charge in [0, 0.05) is 12.6 Å². The molecule has 7 heteroatoms. The van der Waals surface area contributed by atoms with Crippen molar-refractivity contribution in [2.75, 3.05) is 6.61 Å². The molecule has 2 amide bonds. The fourth-order valence-corrected chi connectivity index (χ4v) is 3.77. The Balaban J connectivity index is 2.28. The maximum Gasteiger partial charge on any atom is 0.261 e. The molecule has 0 fully saturated rings. The van der Waals surface area contributed by atoms with Gasteiger partial charge in [0.2, 0.25) is 5.91 Å². The van der Waals surface area contributed by atoms with Crippen LogP contribution in [0.5, 0.6) is 5.75 Å². The molecule has 0 aliphatic rings. The predicted octanol–water partition coefficient (Wildman–Crippen LogP) is 5.83. The second kappa shape index (κ2) is 12.1. The first-order valence-electron chi connectivity index (χ1n) is 10.9. The minimum atomic E-state index is -0.636. The number of benzene rings is 2. The van der Waals surface area contributed by atoms with Crippen LogP contribution >= 0.6 is 23.2 Å². The van der Waals surface area contributed by atoms with Crippen LogP contribution in [0.4, 0.5) is 0 Å². The van der Waals surface area contributed by atoms with Crippen LogP contribution in [-0.4, -0.2) is 35.4 Å². The van der Waals surface area contributed by atoms with Gasteiger partial charge in [-0.3, -0.25) is 9.59 Å². The zero-order valence-electron chi connectivity index (χ0n) is 19.3. The second-order valence-corrected chi connectivity index (χ2v) is 9.15. The Bertz CT molecular complexity index is 931. The highest BCUT2D eigenvalue weighted by Gasteiger charge is 2.29. The highest BCUT2D eigenvalue weighted by Crippen LogP contribution is 2.27. The number of amides is 2. The second-order valence-electron chi connectivity index (χ2n) is 8.34. The molecule has 0 radical (unpaired) electrons. The molecule has 1 unspecified atom stereocenters. The number of para-hydroxylation sites is 1. The lowest BCUT2D eigenvalue weighted by molar-refractivity contribution is -0.143. The molecule has 2 aromatic carbocycles. The molecule has 0 heterocycles. The first kappa shape index (κ1) is 26.0. The van der Waals surface area contributed by atoms with E-state index in [0.29, 0.717) is 22.2 Å². The van der Waals surface area contributed by atoms with Crippen LogP contribution in [0.15, 0.2) is 42.5 Å². The largest absolute Gasteiger partial charge is 0.483 e. The van der Waals surface area contributed by atoms with Crippen molar-refractivity contribution >= 4 is 35.0 Å². The van der Waals surface area contributed by atoms with Gasteiger partial charge in [-0.05, 0) is 55.5 Å². The molecule has 0 saturated carbocycles. The minimum Gasteiger partial charge on any atom is -0.483 e. The summed E-state index contributed by atoms with van der Waals surface area (Å²) in [6.45, 7) is 9.86. The maximum absolute atomic E-state index is 13.3. The highest BCUT2D eigenvalue weighted by molar-refractivity contribution is 6.42. The molecule has 0 spiro atoms. The molecule has 1 N–H and O–H groups in total. The Morgan fingerprint density at radius 3 is 2.31 bits per heavy atom. The van der Waals surface area contributed by atoms with Crippen molar-refractivity contribution in [3.05, 3.63) is 63.6 Å². The van der Waals surface area contributed by atoms with E-state index in [1.54, 1.807) is 23.1 Å². The minimum absolute atomic E-state index is 0.0346.